The van der Waals surface area contributed by atoms with Gasteiger partial charge < -0.3 is 5.32 Å². The van der Waals surface area contributed by atoms with Crippen LogP contribution in [0.25, 0.3) is 5.69 Å². The Morgan fingerprint density at radius 2 is 2.05 bits per heavy atom. The topological polar surface area (TPSA) is 76.0 Å². The zero-order chi connectivity index (χ0) is 16.1. The summed E-state index contributed by atoms with van der Waals surface area (Å²) in [6.45, 7) is 4.12. The average molecular weight is 318 g/mol. The number of carbonyl (C=O) groups is 2. The maximum atomic E-state index is 11.6. The zero-order valence-electron chi connectivity index (χ0n) is 12.7. The van der Waals surface area contributed by atoms with Crippen molar-refractivity contribution >= 4 is 23.7 Å². The Kier molecular flexibility index (Phi) is 5.21. The van der Waals surface area contributed by atoms with Gasteiger partial charge in [0.15, 0.2) is 5.16 Å². The van der Waals surface area contributed by atoms with E-state index < -0.39 is 6.03 Å². The Morgan fingerprint density at radius 3 is 2.73 bits per heavy atom. The van der Waals surface area contributed by atoms with Gasteiger partial charge in [-0.15, -0.1) is 0 Å². The quantitative estimate of drug-likeness (QED) is 0.846. The van der Waals surface area contributed by atoms with E-state index in [1.807, 2.05) is 16.8 Å². The lowest BCUT2D eigenvalue weighted by molar-refractivity contribution is -0.117. The Morgan fingerprint density at radius 1 is 1.27 bits per heavy atom. The molecule has 1 aromatic heterocycles. The van der Waals surface area contributed by atoms with Crippen LogP contribution in [0, 0.1) is 13.8 Å². The highest BCUT2D eigenvalue weighted by atomic mass is 32.2. The summed E-state index contributed by atoms with van der Waals surface area (Å²) >= 11 is 1.28. The first-order valence-electron chi connectivity index (χ1n) is 6.76. The molecule has 2 aromatic rings. The van der Waals surface area contributed by atoms with E-state index in [0.717, 1.165) is 5.69 Å². The molecule has 0 unspecified atom stereocenters. The van der Waals surface area contributed by atoms with Crippen LogP contribution < -0.4 is 10.6 Å². The highest BCUT2D eigenvalue weighted by molar-refractivity contribution is 7.99. The number of imidazole rings is 1. The molecule has 116 valence electrons. The summed E-state index contributed by atoms with van der Waals surface area (Å²) in [5.41, 5.74) is 3.41. The smallest absolute Gasteiger partial charge is 0.321 e. The fraction of sp³-hybridized carbons (Fsp3) is 0.267. The molecule has 0 bridgehead atoms. The third-order valence-electron chi connectivity index (χ3n) is 3.19. The summed E-state index contributed by atoms with van der Waals surface area (Å²) in [7, 11) is 1.46. The van der Waals surface area contributed by atoms with Crippen molar-refractivity contribution in [1.29, 1.82) is 0 Å². The van der Waals surface area contributed by atoms with Crippen LogP contribution in [0.4, 0.5) is 4.79 Å². The fourth-order valence-corrected chi connectivity index (χ4v) is 2.60. The van der Waals surface area contributed by atoms with E-state index in [1.165, 1.54) is 29.9 Å². The molecular formula is C15H18N4O2S. The third-order valence-corrected chi connectivity index (χ3v) is 4.15. The average Bonchev–Trinajstić information content (AvgIpc) is 2.96. The molecule has 0 aliphatic heterocycles. The van der Waals surface area contributed by atoms with Crippen LogP contribution in [0.15, 0.2) is 35.7 Å². The molecule has 22 heavy (non-hydrogen) atoms. The fourth-order valence-electron chi connectivity index (χ4n) is 1.82. The van der Waals surface area contributed by atoms with Crippen molar-refractivity contribution in [3.05, 3.63) is 41.7 Å². The Balaban J connectivity index is 2.08. The number of amides is 3. The molecule has 0 atom stereocenters. The number of thioether (sulfide) groups is 1. The van der Waals surface area contributed by atoms with Crippen molar-refractivity contribution in [2.75, 3.05) is 12.8 Å². The summed E-state index contributed by atoms with van der Waals surface area (Å²) in [5, 5.41) is 5.26. The van der Waals surface area contributed by atoms with E-state index in [1.54, 1.807) is 6.20 Å². The zero-order valence-corrected chi connectivity index (χ0v) is 13.5. The van der Waals surface area contributed by atoms with E-state index in [-0.39, 0.29) is 11.7 Å². The van der Waals surface area contributed by atoms with Gasteiger partial charge in [0.05, 0.1) is 5.75 Å². The van der Waals surface area contributed by atoms with Gasteiger partial charge in [0.1, 0.15) is 0 Å². The molecule has 0 radical (unpaired) electrons. The number of nitrogens with zero attached hydrogens (tertiary/aromatic N) is 2. The van der Waals surface area contributed by atoms with E-state index in [0.29, 0.717) is 5.16 Å². The maximum Gasteiger partial charge on any atom is 0.321 e. The van der Waals surface area contributed by atoms with Gasteiger partial charge in [-0.1, -0.05) is 17.8 Å². The van der Waals surface area contributed by atoms with E-state index in [9.17, 15) is 9.59 Å². The molecular weight excluding hydrogens is 300 g/mol. The second-order valence-corrected chi connectivity index (χ2v) is 5.71. The van der Waals surface area contributed by atoms with Crippen molar-refractivity contribution < 1.29 is 9.59 Å². The van der Waals surface area contributed by atoms with Gasteiger partial charge in [0.25, 0.3) is 0 Å². The lowest BCUT2D eigenvalue weighted by atomic mass is 10.1. The molecule has 2 N–H and O–H groups in total. The summed E-state index contributed by atoms with van der Waals surface area (Å²) in [5.74, 6) is -0.242. The van der Waals surface area contributed by atoms with Gasteiger partial charge in [-0.3, -0.25) is 14.7 Å². The standard InChI is InChI=1S/C15H18N4O2S/c1-10-4-5-12(8-11(10)2)19-7-6-17-15(19)22-9-13(20)18-14(21)16-3/h4-8H,9H2,1-3H3,(H2,16,18,20,21). The number of nitrogens with one attached hydrogen (secondary N) is 2. The number of rotatable bonds is 4. The Labute approximate surface area is 133 Å². The van der Waals surface area contributed by atoms with Gasteiger partial charge in [-0.05, 0) is 37.1 Å². The first kappa shape index (κ1) is 16.1. The minimum Gasteiger partial charge on any atom is -0.341 e. The van der Waals surface area contributed by atoms with Gasteiger partial charge in [-0.2, -0.15) is 0 Å². The van der Waals surface area contributed by atoms with Crippen LogP contribution in [0.5, 0.6) is 0 Å². The SMILES string of the molecule is CNC(=O)NC(=O)CSc1nccn1-c1ccc(C)c(C)c1. The molecule has 0 spiro atoms. The molecule has 2 rings (SSSR count). The van der Waals surface area contributed by atoms with Crippen LogP contribution >= 0.6 is 11.8 Å². The monoisotopic (exact) mass is 318 g/mol. The second-order valence-electron chi connectivity index (χ2n) is 4.76. The lowest BCUT2D eigenvalue weighted by Crippen LogP contribution is -2.38. The van der Waals surface area contributed by atoms with Crippen LogP contribution in [-0.4, -0.2) is 34.3 Å². The van der Waals surface area contributed by atoms with Gasteiger partial charge in [-0.25, -0.2) is 9.78 Å². The van der Waals surface area contributed by atoms with Crippen molar-refractivity contribution in [3.8, 4) is 5.69 Å². The van der Waals surface area contributed by atoms with Gasteiger partial charge in [0.2, 0.25) is 5.91 Å². The largest absolute Gasteiger partial charge is 0.341 e. The van der Waals surface area contributed by atoms with Gasteiger partial charge in [0, 0.05) is 25.1 Å². The lowest BCUT2D eigenvalue weighted by Gasteiger charge is -2.09. The van der Waals surface area contributed by atoms with Crippen LogP contribution in [0.1, 0.15) is 11.1 Å². The minimum absolute atomic E-state index is 0.120. The molecule has 3 amide bonds. The summed E-state index contributed by atoms with van der Waals surface area (Å²) in [6.07, 6.45) is 3.54. The number of hydrogen-bond donors (Lipinski definition) is 2. The number of aryl methyl sites for hydroxylation is 2. The molecule has 6 nitrogen and oxygen atoms in total. The number of aromatic nitrogens is 2. The number of urea groups is 1. The molecule has 7 heteroatoms. The number of carbonyl (C=O) groups excluding carboxylic acids is 2. The first-order valence-corrected chi connectivity index (χ1v) is 7.75. The Bertz CT molecular complexity index is 697. The highest BCUT2D eigenvalue weighted by Crippen LogP contribution is 2.21. The van der Waals surface area contributed by atoms with Crippen molar-refractivity contribution in [3.63, 3.8) is 0 Å². The summed E-state index contributed by atoms with van der Waals surface area (Å²) in [4.78, 5) is 27.0. The maximum absolute atomic E-state index is 11.6. The molecule has 0 saturated heterocycles. The number of hydrogen-bond acceptors (Lipinski definition) is 4. The first-order chi connectivity index (χ1) is 10.5. The minimum atomic E-state index is -0.511. The molecule has 1 heterocycles. The number of benzene rings is 1. The molecule has 0 aliphatic rings. The predicted octanol–water partition coefficient (Wildman–Crippen LogP) is 2.04. The molecule has 0 aliphatic carbocycles. The third kappa shape index (κ3) is 3.88. The van der Waals surface area contributed by atoms with Crippen LogP contribution in [-0.2, 0) is 4.79 Å². The molecule has 1 aromatic carbocycles. The summed E-state index contributed by atoms with van der Waals surface area (Å²) < 4.78 is 1.92. The van der Waals surface area contributed by atoms with Crippen molar-refractivity contribution in [2.45, 2.75) is 19.0 Å². The molecule has 0 fully saturated rings. The van der Waals surface area contributed by atoms with E-state index >= 15 is 0 Å². The van der Waals surface area contributed by atoms with Gasteiger partial charge >= 0.3 is 6.03 Å². The van der Waals surface area contributed by atoms with Crippen molar-refractivity contribution in [1.82, 2.24) is 20.2 Å². The van der Waals surface area contributed by atoms with E-state index in [4.69, 9.17) is 0 Å². The van der Waals surface area contributed by atoms with Crippen LogP contribution in [0.2, 0.25) is 0 Å². The molecule has 0 saturated carbocycles. The number of imide groups is 1. The second kappa shape index (κ2) is 7.13. The van der Waals surface area contributed by atoms with Crippen LogP contribution in [0.3, 0.4) is 0 Å². The highest BCUT2D eigenvalue weighted by Gasteiger charge is 2.11. The summed E-state index contributed by atoms with van der Waals surface area (Å²) in [6, 6.07) is 5.63. The van der Waals surface area contributed by atoms with Crippen molar-refractivity contribution in [2.24, 2.45) is 0 Å². The predicted molar refractivity (Wildman–Crippen MR) is 86.4 cm³/mol. The normalized spacial score (nSPS) is 10.3. The Hall–Kier alpha value is -2.28. The van der Waals surface area contributed by atoms with E-state index in [2.05, 4.69) is 41.6 Å².